The molecule has 1 heterocycles. The fourth-order valence-corrected chi connectivity index (χ4v) is 2.09. The minimum Gasteiger partial charge on any atom is -0.481 e. The van der Waals surface area contributed by atoms with Crippen molar-refractivity contribution >= 4 is 16.9 Å². The number of benzene rings is 1. The van der Waals surface area contributed by atoms with Gasteiger partial charge in [-0.05, 0) is 50.6 Å². The molecule has 1 aromatic heterocycles. The van der Waals surface area contributed by atoms with Gasteiger partial charge in [-0.2, -0.15) is 0 Å². The highest BCUT2D eigenvalue weighted by molar-refractivity contribution is 5.81. The number of fused-ring (bicyclic) bond motifs is 1. The topological polar surface area (TPSA) is 62.2 Å². The number of carboxylic acid groups (broad SMARTS) is 1. The molecule has 0 radical (unpaired) electrons. The Bertz CT molecular complexity index is 656. The Hall–Kier alpha value is -2.01. The lowest BCUT2D eigenvalue weighted by molar-refractivity contribution is -0.147. The first-order chi connectivity index (χ1) is 9.90. The molecule has 4 nitrogen and oxygen atoms in total. The largest absolute Gasteiger partial charge is 0.481 e. The van der Waals surface area contributed by atoms with Gasteiger partial charge in [0, 0.05) is 18.1 Å². The number of nitrogens with zero attached hydrogens (tertiary/aromatic N) is 1. The summed E-state index contributed by atoms with van der Waals surface area (Å²) < 4.78 is 13.6. The van der Waals surface area contributed by atoms with Crippen LogP contribution in [0.25, 0.3) is 10.9 Å². The normalized spacial score (nSPS) is 11.8. The van der Waals surface area contributed by atoms with E-state index in [0.717, 1.165) is 16.5 Å². The summed E-state index contributed by atoms with van der Waals surface area (Å²) in [5, 5.41) is 13.0. The van der Waals surface area contributed by atoms with Crippen molar-refractivity contribution < 1.29 is 14.3 Å². The summed E-state index contributed by atoms with van der Waals surface area (Å²) in [5.41, 5.74) is 0.776. The van der Waals surface area contributed by atoms with Crippen LogP contribution < -0.4 is 5.32 Å². The molecule has 0 saturated carbocycles. The third kappa shape index (κ3) is 3.76. The van der Waals surface area contributed by atoms with Crippen molar-refractivity contribution in [3.05, 3.63) is 41.8 Å². The van der Waals surface area contributed by atoms with Crippen molar-refractivity contribution in [3.63, 3.8) is 0 Å². The Kier molecular flexibility index (Phi) is 4.53. The van der Waals surface area contributed by atoms with Crippen molar-refractivity contribution in [2.24, 2.45) is 5.41 Å². The second-order valence-electron chi connectivity index (χ2n) is 5.76. The Morgan fingerprint density at radius 2 is 2.19 bits per heavy atom. The molecule has 5 heteroatoms. The van der Waals surface area contributed by atoms with Gasteiger partial charge in [0.1, 0.15) is 5.82 Å². The number of rotatable bonds is 6. The predicted octanol–water partition coefficient (Wildman–Crippen LogP) is 2.96. The van der Waals surface area contributed by atoms with E-state index in [2.05, 4.69) is 10.3 Å². The average Bonchev–Trinajstić information content (AvgIpc) is 2.43. The van der Waals surface area contributed by atoms with Gasteiger partial charge in [0.15, 0.2) is 0 Å². The fraction of sp³-hybridized carbons (Fsp3) is 0.375. The number of hydrogen-bond donors (Lipinski definition) is 2. The SMILES string of the molecule is CC(C)(CCNCc1cc(F)cc2cccnc12)C(=O)O. The Balaban J connectivity index is 2.03. The first-order valence-electron chi connectivity index (χ1n) is 6.87. The van der Waals surface area contributed by atoms with Crippen LogP contribution in [0.2, 0.25) is 0 Å². The van der Waals surface area contributed by atoms with Crippen LogP contribution >= 0.6 is 0 Å². The summed E-state index contributed by atoms with van der Waals surface area (Å²) in [6.07, 6.45) is 2.18. The second kappa shape index (κ2) is 6.18. The molecule has 2 N–H and O–H groups in total. The number of aromatic nitrogens is 1. The molecule has 0 atom stereocenters. The highest BCUT2D eigenvalue weighted by Gasteiger charge is 2.26. The fourth-order valence-electron chi connectivity index (χ4n) is 2.09. The van der Waals surface area contributed by atoms with Gasteiger partial charge in [-0.3, -0.25) is 9.78 Å². The van der Waals surface area contributed by atoms with E-state index >= 15 is 0 Å². The van der Waals surface area contributed by atoms with Gasteiger partial charge in [-0.25, -0.2) is 4.39 Å². The predicted molar refractivity (Wildman–Crippen MR) is 79.4 cm³/mol. The van der Waals surface area contributed by atoms with E-state index in [4.69, 9.17) is 5.11 Å². The van der Waals surface area contributed by atoms with E-state index in [1.807, 2.05) is 6.07 Å². The lowest BCUT2D eigenvalue weighted by Gasteiger charge is -2.19. The maximum Gasteiger partial charge on any atom is 0.309 e. The molecule has 0 aliphatic carbocycles. The summed E-state index contributed by atoms with van der Waals surface area (Å²) in [6.45, 7) is 4.39. The monoisotopic (exact) mass is 290 g/mol. The number of nitrogens with one attached hydrogen (secondary N) is 1. The molecule has 2 aromatic rings. The number of aliphatic carboxylic acids is 1. The van der Waals surface area contributed by atoms with Crippen LogP contribution in [0.3, 0.4) is 0 Å². The summed E-state index contributed by atoms with van der Waals surface area (Å²) >= 11 is 0. The first kappa shape index (κ1) is 15.4. The lowest BCUT2D eigenvalue weighted by Crippen LogP contribution is -2.28. The van der Waals surface area contributed by atoms with Gasteiger partial charge in [-0.15, -0.1) is 0 Å². The molecule has 0 aliphatic rings. The lowest BCUT2D eigenvalue weighted by atomic mass is 9.90. The van der Waals surface area contributed by atoms with Crippen LogP contribution in [-0.4, -0.2) is 22.6 Å². The minimum atomic E-state index is -0.817. The second-order valence-corrected chi connectivity index (χ2v) is 5.76. The van der Waals surface area contributed by atoms with Crippen LogP contribution in [0.4, 0.5) is 4.39 Å². The zero-order chi connectivity index (χ0) is 15.5. The van der Waals surface area contributed by atoms with Gasteiger partial charge in [0.25, 0.3) is 0 Å². The van der Waals surface area contributed by atoms with Gasteiger partial charge in [-0.1, -0.05) is 6.07 Å². The quantitative estimate of drug-likeness (QED) is 0.803. The van der Waals surface area contributed by atoms with Crippen LogP contribution in [0.15, 0.2) is 30.5 Å². The van der Waals surface area contributed by atoms with Crippen molar-refractivity contribution in [3.8, 4) is 0 Å². The van der Waals surface area contributed by atoms with Gasteiger partial charge >= 0.3 is 5.97 Å². The Morgan fingerprint density at radius 3 is 2.90 bits per heavy atom. The van der Waals surface area contributed by atoms with E-state index in [0.29, 0.717) is 19.5 Å². The standard InChI is InChI=1S/C16H19FN2O2/c1-16(2,15(20)21)5-7-18-10-12-9-13(17)8-11-4-3-6-19-14(11)12/h3-4,6,8-9,18H,5,7,10H2,1-2H3,(H,20,21). The molecular weight excluding hydrogens is 271 g/mol. The summed E-state index contributed by atoms with van der Waals surface area (Å²) in [4.78, 5) is 15.3. The zero-order valence-electron chi connectivity index (χ0n) is 12.2. The molecule has 112 valence electrons. The summed E-state index contributed by atoms with van der Waals surface area (Å²) in [7, 11) is 0. The average molecular weight is 290 g/mol. The van der Waals surface area contributed by atoms with Crippen molar-refractivity contribution in [1.29, 1.82) is 0 Å². The van der Waals surface area contributed by atoms with Crippen molar-refractivity contribution in [2.75, 3.05) is 6.54 Å². The van der Waals surface area contributed by atoms with E-state index < -0.39 is 11.4 Å². The van der Waals surface area contributed by atoms with Crippen LogP contribution in [0.1, 0.15) is 25.8 Å². The van der Waals surface area contributed by atoms with Crippen LogP contribution in [-0.2, 0) is 11.3 Å². The molecule has 0 fully saturated rings. The molecule has 21 heavy (non-hydrogen) atoms. The molecule has 1 aromatic carbocycles. The molecular formula is C16H19FN2O2. The minimum absolute atomic E-state index is 0.293. The third-order valence-corrected chi connectivity index (χ3v) is 3.57. The number of carbonyl (C=O) groups is 1. The Labute approximate surface area is 123 Å². The molecule has 0 spiro atoms. The zero-order valence-corrected chi connectivity index (χ0v) is 12.2. The highest BCUT2D eigenvalue weighted by Crippen LogP contribution is 2.20. The third-order valence-electron chi connectivity index (χ3n) is 3.57. The number of pyridine rings is 1. The summed E-state index contributed by atoms with van der Waals surface area (Å²) in [5.74, 6) is -1.11. The van der Waals surface area contributed by atoms with Gasteiger partial charge < -0.3 is 10.4 Å². The molecule has 2 rings (SSSR count). The number of carboxylic acids is 1. The van der Waals surface area contributed by atoms with Gasteiger partial charge in [0.2, 0.25) is 0 Å². The van der Waals surface area contributed by atoms with E-state index in [1.165, 1.54) is 12.1 Å². The number of hydrogen-bond acceptors (Lipinski definition) is 3. The molecule has 0 aliphatic heterocycles. The van der Waals surface area contributed by atoms with Crippen LogP contribution in [0, 0.1) is 11.2 Å². The van der Waals surface area contributed by atoms with Crippen molar-refractivity contribution in [1.82, 2.24) is 10.3 Å². The van der Waals surface area contributed by atoms with E-state index in [9.17, 15) is 9.18 Å². The van der Waals surface area contributed by atoms with Crippen molar-refractivity contribution in [2.45, 2.75) is 26.8 Å². The molecule has 0 saturated heterocycles. The molecule has 0 unspecified atom stereocenters. The smallest absolute Gasteiger partial charge is 0.309 e. The number of halogens is 1. The van der Waals surface area contributed by atoms with Crippen LogP contribution in [0.5, 0.6) is 0 Å². The Morgan fingerprint density at radius 1 is 1.43 bits per heavy atom. The van der Waals surface area contributed by atoms with Gasteiger partial charge in [0.05, 0.1) is 10.9 Å². The maximum atomic E-state index is 13.6. The summed E-state index contributed by atoms with van der Waals surface area (Å²) in [6, 6.07) is 6.51. The van der Waals surface area contributed by atoms with E-state index in [-0.39, 0.29) is 5.82 Å². The molecule has 0 bridgehead atoms. The maximum absolute atomic E-state index is 13.6. The first-order valence-corrected chi connectivity index (χ1v) is 6.87. The highest BCUT2D eigenvalue weighted by atomic mass is 19.1. The van der Waals surface area contributed by atoms with E-state index in [1.54, 1.807) is 26.1 Å². The molecule has 0 amide bonds.